The standard InChI is InChI=1S/C46H57N3O11/c1-26(2)42(45(55)48-23-28-18-31(25-48)34-16-11-17-39(53)49(34)24-28)47-38(52)22-33(30-20-36(57-4)44(59-6)37(21-30)58-5)41-35(51)19-29-13-8-7-9-14-32(50)15-10-12-27(3)60-46(56)40(29)43(41)54/h8,11,13,16-17,19-21,26-28,31,33,42,51,54H,7,9-10,12,14-15,18,22-25H2,1-6H3,(H,47,52). The Kier molecular flexibility index (Phi) is 13.9. The molecule has 5 atom stereocenters. The number of hydrogen-bond acceptors (Lipinski definition) is 11. The monoisotopic (exact) mass is 827 g/mol. The number of piperidine rings is 1. The quantitative estimate of drug-likeness (QED) is 0.202. The Morgan fingerprint density at radius 1 is 0.950 bits per heavy atom. The number of cyclic esters (lactones) is 1. The van der Waals surface area contributed by atoms with Crippen molar-refractivity contribution in [1.82, 2.24) is 14.8 Å². The number of phenolic OH excluding ortho intramolecular Hbond substituents is 2. The lowest BCUT2D eigenvalue weighted by Gasteiger charge is -2.44. The van der Waals surface area contributed by atoms with Gasteiger partial charge in [0.15, 0.2) is 11.5 Å². The first-order valence-electron chi connectivity index (χ1n) is 20.8. The molecule has 0 radical (unpaired) electrons. The molecule has 4 heterocycles. The number of fused-ring (bicyclic) bond motifs is 5. The summed E-state index contributed by atoms with van der Waals surface area (Å²) in [7, 11) is 4.33. The molecule has 0 aliphatic carbocycles. The average molecular weight is 828 g/mol. The summed E-state index contributed by atoms with van der Waals surface area (Å²) in [5.41, 5.74) is 1.12. The minimum Gasteiger partial charge on any atom is -0.507 e. The average Bonchev–Trinajstić information content (AvgIpc) is 3.21. The second-order valence-corrected chi connectivity index (χ2v) is 16.5. The molecule has 14 heteroatoms. The number of allylic oxidation sites excluding steroid dienone is 1. The number of rotatable bonds is 10. The van der Waals surface area contributed by atoms with Crippen molar-refractivity contribution in [3.8, 4) is 28.7 Å². The van der Waals surface area contributed by atoms with Gasteiger partial charge in [0.2, 0.25) is 17.6 Å². The van der Waals surface area contributed by atoms with Gasteiger partial charge in [-0.05, 0) is 86.3 Å². The second kappa shape index (κ2) is 19.1. The second-order valence-electron chi connectivity index (χ2n) is 16.5. The molecular formula is C46H57N3O11. The number of hydrogen-bond donors (Lipinski definition) is 3. The molecule has 5 unspecified atom stereocenters. The molecular weight excluding hydrogens is 771 g/mol. The van der Waals surface area contributed by atoms with Gasteiger partial charge in [0.25, 0.3) is 5.56 Å². The molecule has 0 saturated carbocycles. The van der Waals surface area contributed by atoms with E-state index in [9.17, 15) is 34.2 Å². The van der Waals surface area contributed by atoms with Gasteiger partial charge in [-0.2, -0.15) is 0 Å². The summed E-state index contributed by atoms with van der Waals surface area (Å²) >= 11 is 0. The van der Waals surface area contributed by atoms with Crippen molar-refractivity contribution in [3.05, 3.63) is 80.8 Å². The van der Waals surface area contributed by atoms with Gasteiger partial charge in [-0.1, -0.05) is 32.1 Å². The van der Waals surface area contributed by atoms with Crippen molar-refractivity contribution < 1.29 is 48.3 Å². The number of pyridine rings is 1. The molecule has 2 amide bonds. The zero-order valence-electron chi connectivity index (χ0n) is 35.3. The lowest BCUT2D eigenvalue weighted by atomic mass is 9.82. The van der Waals surface area contributed by atoms with Crippen LogP contribution in [0.25, 0.3) is 6.08 Å². The van der Waals surface area contributed by atoms with E-state index in [1.165, 1.54) is 27.4 Å². The third kappa shape index (κ3) is 9.48. The van der Waals surface area contributed by atoms with E-state index in [1.54, 1.807) is 52.8 Å². The summed E-state index contributed by atoms with van der Waals surface area (Å²) in [6, 6.07) is 8.88. The lowest BCUT2D eigenvalue weighted by Crippen LogP contribution is -2.56. The summed E-state index contributed by atoms with van der Waals surface area (Å²) in [4.78, 5) is 69.4. The largest absolute Gasteiger partial charge is 0.507 e. The first-order chi connectivity index (χ1) is 28.7. The number of nitrogens with zero attached hydrogens (tertiary/aromatic N) is 2. The van der Waals surface area contributed by atoms with E-state index in [-0.39, 0.29) is 75.4 Å². The molecule has 14 nitrogen and oxygen atoms in total. The minimum atomic E-state index is -1.12. The molecule has 3 aliphatic rings. The number of amides is 2. The SMILES string of the molecule is COc1cc(C(CC(=O)NC(C(=O)N2CC3CC(C2)c2cccc(=O)n2C3)C(C)C)c2c(O)cc3c(c2O)C(=O)OC(C)CCCC(=O)CCCC=C3)cc(OC)c1OC. The maximum absolute atomic E-state index is 14.4. The third-order valence-electron chi connectivity index (χ3n) is 11.9. The van der Waals surface area contributed by atoms with Crippen molar-refractivity contribution in [1.29, 1.82) is 0 Å². The Balaban J connectivity index is 1.37. The fraction of sp³-hybridized carbons (Fsp3) is 0.500. The van der Waals surface area contributed by atoms with E-state index in [4.69, 9.17) is 18.9 Å². The van der Waals surface area contributed by atoms with Gasteiger partial charge in [-0.15, -0.1) is 0 Å². The predicted molar refractivity (Wildman–Crippen MR) is 224 cm³/mol. The number of benzene rings is 2. The van der Waals surface area contributed by atoms with Crippen LogP contribution in [0.4, 0.5) is 0 Å². The minimum absolute atomic E-state index is 0.0168. The smallest absolute Gasteiger partial charge is 0.342 e. The molecule has 2 aromatic carbocycles. The van der Waals surface area contributed by atoms with Crippen LogP contribution in [0.1, 0.15) is 117 Å². The molecule has 322 valence electrons. The van der Waals surface area contributed by atoms with Crippen molar-refractivity contribution in [3.63, 3.8) is 0 Å². The molecule has 0 spiro atoms. The zero-order chi connectivity index (χ0) is 43.2. The molecule has 3 N–H and O–H groups in total. The molecule has 60 heavy (non-hydrogen) atoms. The molecule has 3 aliphatic heterocycles. The number of likely N-dealkylation sites (tertiary alicyclic amines) is 1. The highest BCUT2D eigenvalue weighted by Crippen LogP contribution is 2.48. The third-order valence-corrected chi connectivity index (χ3v) is 11.9. The van der Waals surface area contributed by atoms with Crippen LogP contribution >= 0.6 is 0 Å². The number of nitrogens with one attached hydrogen (secondary N) is 1. The van der Waals surface area contributed by atoms with E-state index in [2.05, 4.69) is 5.32 Å². The normalized spacial score (nSPS) is 20.5. The Hall–Kier alpha value is -5.79. The first-order valence-corrected chi connectivity index (χ1v) is 20.8. The predicted octanol–water partition coefficient (Wildman–Crippen LogP) is 6.08. The molecule has 3 aromatic rings. The van der Waals surface area contributed by atoms with Crippen LogP contribution in [0.3, 0.4) is 0 Å². The molecule has 2 bridgehead atoms. The van der Waals surface area contributed by atoms with E-state index in [0.29, 0.717) is 63.7 Å². The van der Waals surface area contributed by atoms with Crippen LogP contribution in [0.5, 0.6) is 28.7 Å². The maximum Gasteiger partial charge on any atom is 0.342 e. The van der Waals surface area contributed by atoms with Gasteiger partial charge in [0.05, 0.1) is 27.4 Å². The van der Waals surface area contributed by atoms with E-state index >= 15 is 0 Å². The number of ketones is 1. The molecule has 1 aromatic heterocycles. The van der Waals surface area contributed by atoms with E-state index in [0.717, 1.165) is 12.1 Å². The number of Topliss-reactive ketones (excluding diaryl/α,β-unsaturated/α-hetero) is 1. The number of methoxy groups -OCH3 is 3. The summed E-state index contributed by atoms with van der Waals surface area (Å²) < 4.78 is 24.4. The Labute approximate surface area is 350 Å². The Morgan fingerprint density at radius 3 is 2.35 bits per heavy atom. The van der Waals surface area contributed by atoms with Gasteiger partial charge < -0.3 is 43.9 Å². The number of ether oxygens (including phenoxy) is 4. The van der Waals surface area contributed by atoms with E-state index in [1.807, 2.05) is 19.9 Å². The van der Waals surface area contributed by atoms with Crippen molar-refractivity contribution in [2.24, 2.45) is 11.8 Å². The summed E-state index contributed by atoms with van der Waals surface area (Å²) in [6.07, 6.45) is 6.16. The Bertz CT molecular complexity index is 2170. The van der Waals surface area contributed by atoms with Crippen LogP contribution in [0.15, 0.2) is 47.3 Å². The summed E-state index contributed by atoms with van der Waals surface area (Å²) in [5, 5.41) is 26.9. The van der Waals surface area contributed by atoms with Crippen LogP contribution in [-0.4, -0.2) is 89.8 Å². The van der Waals surface area contributed by atoms with Crippen LogP contribution in [0, 0.1) is 11.8 Å². The maximum atomic E-state index is 14.4. The van der Waals surface area contributed by atoms with Gasteiger partial charge in [-0.25, -0.2) is 4.79 Å². The van der Waals surface area contributed by atoms with Crippen molar-refractivity contribution in [2.45, 2.75) is 103 Å². The fourth-order valence-corrected chi connectivity index (χ4v) is 8.91. The van der Waals surface area contributed by atoms with Gasteiger partial charge in [-0.3, -0.25) is 19.2 Å². The highest BCUT2D eigenvalue weighted by molar-refractivity contribution is 5.98. The summed E-state index contributed by atoms with van der Waals surface area (Å²) in [6.45, 7) is 6.78. The number of aromatic hydroxyl groups is 2. The van der Waals surface area contributed by atoms with E-state index < -0.39 is 41.4 Å². The van der Waals surface area contributed by atoms with Crippen LogP contribution < -0.4 is 25.1 Å². The highest BCUT2D eigenvalue weighted by atomic mass is 16.5. The molecule has 1 saturated heterocycles. The number of phenols is 2. The Morgan fingerprint density at radius 2 is 1.67 bits per heavy atom. The van der Waals surface area contributed by atoms with Gasteiger partial charge in [0, 0.05) is 68.1 Å². The van der Waals surface area contributed by atoms with Crippen LogP contribution in [0.2, 0.25) is 0 Å². The van der Waals surface area contributed by atoms with Crippen LogP contribution in [-0.2, 0) is 25.7 Å². The lowest BCUT2D eigenvalue weighted by molar-refractivity contribution is -0.140. The number of aromatic nitrogens is 1. The molecule has 1 fully saturated rings. The number of esters is 1. The van der Waals surface area contributed by atoms with Gasteiger partial charge >= 0.3 is 5.97 Å². The molecule has 6 rings (SSSR count). The van der Waals surface area contributed by atoms with Gasteiger partial charge in [0.1, 0.15) is 28.9 Å². The number of carbonyl (C=O) groups is 4. The summed E-state index contributed by atoms with van der Waals surface area (Å²) in [5.74, 6) is -3.04. The number of carbonyl (C=O) groups excluding carboxylic acids is 4. The first kappa shape index (κ1) is 43.8. The van der Waals surface area contributed by atoms with Crippen molar-refractivity contribution in [2.75, 3.05) is 34.4 Å². The zero-order valence-corrected chi connectivity index (χ0v) is 35.3. The fourth-order valence-electron chi connectivity index (χ4n) is 8.91. The topological polar surface area (TPSA) is 183 Å². The highest BCUT2D eigenvalue weighted by Gasteiger charge is 2.40. The van der Waals surface area contributed by atoms with Crippen molar-refractivity contribution >= 4 is 29.6 Å².